The Labute approximate surface area is 158 Å². The van der Waals surface area contributed by atoms with E-state index in [4.69, 9.17) is 0 Å². The van der Waals surface area contributed by atoms with Crippen LogP contribution >= 0.6 is 0 Å². The van der Waals surface area contributed by atoms with Crippen LogP contribution in [0, 0.1) is 13.8 Å². The largest absolute Gasteiger partial charge is 0.307 e. The topological polar surface area (TPSA) is 73.9 Å². The Bertz CT molecular complexity index is 958. The summed E-state index contributed by atoms with van der Waals surface area (Å²) in [6.07, 6.45) is 2.89. The molecular weight excluding hydrogens is 338 g/mol. The normalized spacial score (nSPS) is 14.0. The number of fused-ring (bicyclic) bond motifs is 1. The van der Waals surface area contributed by atoms with Crippen molar-refractivity contribution in [3.63, 3.8) is 0 Å². The van der Waals surface area contributed by atoms with Crippen LogP contribution in [0.5, 0.6) is 0 Å². The van der Waals surface area contributed by atoms with E-state index in [0.717, 1.165) is 42.9 Å². The van der Waals surface area contributed by atoms with E-state index < -0.39 is 0 Å². The van der Waals surface area contributed by atoms with Crippen molar-refractivity contribution in [2.45, 2.75) is 33.4 Å². The molecule has 0 radical (unpaired) electrons. The molecule has 0 bridgehead atoms. The Kier molecular flexibility index (Phi) is 4.73. The highest BCUT2D eigenvalue weighted by Crippen LogP contribution is 2.19. The number of anilines is 1. The molecule has 6 heteroatoms. The zero-order chi connectivity index (χ0) is 18.8. The van der Waals surface area contributed by atoms with E-state index in [0.29, 0.717) is 11.4 Å². The molecule has 0 fully saturated rings. The van der Waals surface area contributed by atoms with Crippen molar-refractivity contribution >= 4 is 11.7 Å². The average Bonchev–Trinajstić information content (AvgIpc) is 3.09. The predicted octanol–water partition coefficient (Wildman–Crippen LogP) is 3.23. The van der Waals surface area contributed by atoms with Crippen LogP contribution in [0.25, 0.3) is 0 Å². The highest BCUT2D eigenvalue weighted by Gasteiger charge is 2.18. The lowest BCUT2D eigenvalue weighted by molar-refractivity contribution is 0.102. The van der Waals surface area contributed by atoms with E-state index in [2.05, 4.69) is 31.5 Å². The first-order valence-electron chi connectivity index (χ1n) is 9.16. The maximum Gasteiger partial charge on any atom is 0.256 e. The Morgan fingerprint density at radius 3 is 3.00 bits per heavy atom. The van der Waals surface area contributed by atoms with Gasteiger partial charge in [0.25, 0.3) is 5.91 Å². The number of hydrogen-bond donors (Lipinski definition) is 2. The summed E-state index contributed by atoms with van der Waals surface area (Å²) in [6, 6.07) is 11.7. The number of rotatable bonds is 4. The first-order valence-corrected chi connectivity index (χ1v) is 9.16. The van der Waals surface area contributed by atoms with Gasteiger partial charge < -0.3 is 5.32 Å². The van der Waals surface area contributed by atoms with E-state index >= 15 is 0 Å². The molecule has 138 valence electrons. The van der Waals surface area contributed by atoms with Gasteiger partial charge in [0.2, 0.25) is 0 Å². The highest BCUT2D eigenvalue weighted by atomic mass is 16.1. The second-order valence-electron chi connectivity index (χ2n) is 7.16. The van der Waals surface area contributed by atoms with Gasteiger partial charge in [-0.25, -0.2) is 4.98 Å². The quantitative estimate of drug-likeness (QED) is 0.748. The van der Waals surface area contributed by atoms with Crippen molar-refractivity contribution in [2.75, 3.05) is 11.9 Å². The summed E-state index contributed by atoms with van der Waals surface area (Å²) in [5, 5.41) is 10.1. The molecule has 0 saturated heterocycles. The lowest BCUT2D eigenvalue weighted by Gasteiger charge is -2.26. The fourth-order valence-corrected chi connectivity index (χ4v) is 3.58. The monoisotopic (exact) mass is 361 g/mol. The molecule has 1 amide bonds. The number of H-pyrrole nitrogens is 1. The number of amides is 1. The summed E-state index contributed by atoms with van der Waals surface area (Å²) in [7, 11) is 0. The number of carbonyl (C=O) groups excluding carboxylic acids is 1. The summed E-state index contributed by atoms with van der Waals surface area (Å²) < 4.78 is 0. The summed E-state index contributed by atoms with van der Waals surface area (Å²) in [4.78, 5) is 19.4. The Morgan fingerprint density at radius 2 is 2.15 bits per heavy atom. The maximum atomic E-state index is 12.6. The lowest BCUT2D eigenvalue weighted by Crippen LogP contribution is -2.29. The Hall–Kier alpha value is -2.99. The van der Waals surface area contributed by atoms with E-state index in [9.17, 15) is 4.79 Å². The van der Waals surface area contributed by atoms with Crippen molar-refractivity contribution in [3.8, 4) is 0 Å². The third-order valence-electron chi connectivity index (χ3n) is 4.81. The second-order valence-corrected chi connectivity index (χ2v) is 7.16. The summed E-state index contributed by atoms with van der Waals surface area (Å²) in [6.45, 7) is 6.60. The molecule has 27 heavy (non-hydrogen) atoms. The average molecular weight is 361 g/mol. The minimum absolute atomic E-state index is 0.134. The summed E-state index contributed by atoms with van der Waals surface area (Å²) in [5.74, 6) is 0.455. The third-order valence-corrected chi connectivity index (χ3v) is 4.81. The number of aromatic amines is 1. The van der Waals surface area contributed by atoms with Gasteiger partial charge in [-0.05, 0) is 49.2 Å². The van der Waals surface area contributed by atoms with Gasteiger partial charge in [-0.15, -0.1) is 0 Å². The number of aryl methyl sites for hydroxylation is 2. The molecule has 3 heterocycles. The number of aromatic nitrogens is 3. The second kappa shape index (κ2) is 7.32. The minimum atomic E-state index is -0.134. The van der Waals surface area contributed by atoms with Crippen LogP contribution in [-0.4, -0.2) is 32.5 Å². The van der Waals surface area contributed by atoms with Crippen LogP contribution in [0.3, 0.4) is 0 Å². The number of nitrogens with zero attached hydrogens (tertiary/aromatic N) is 3. The van der Waals surface area contributed by atoms with E-state index in [1.807, 2.05) is 50.4 Å². The molecule has 0 saturated carbocycles. The smallest absolute Gasteiger partial charge is 0.256 e. The summed E-state index contributed by atoms with van der Waals surface area (Å²) in [5.41, 5.74) is 6.24. The molecule has 3 aromatic rings. The summed E-state index contributed by atoms with van der Waals surface area (Å²) >= 11 is 0. The first kappa shape index (κ1) is 17.4. The van der Waals surface area contributed by atoms with E-state index in [-0.39, 0.29) is 5.91 Å². The Balaban J connectivity index is 1.45. The number of pyridine rings is 1. The van der Waals surface area contributed by atoms with Crippen LogP contribution < -0.4 is 5.32 Å². The first-order chi connectivity index (χ1) is 13.1. The maximum absolute atomic E-state index is 12.6. The molecule has 1 aromatic carbocycles. The number of benzene rings is 1. The van der Waals surface area contributed by atoms with E-state index in [1.165, 1.54) is 11.3 Å². The predicted molar refractivity (Wildman–Crippen MR) is 105 cm³/mol. The molecule has 2 N–H and O–H groups in total. The SMILES string of the molecule is Cc1cc(C)nc(NC(=O)c2cccc(CN3CCc4[nH]ncc4C3)c2)c1. The van der Waals surface area contributed by atoms with Gasteiger partial charge in [0.1, 0.15) is 5.82 Å². The molecule has 6 nitrogen and oxygen atoms in total. The number of hydrogen-bond acceptors (Lipinski definition) is 4. The molecule has 4 rings (SSSR count). The van der Waals surface area contributed by atoms with Gasteiger partial charge >= 0.3 is 0 Å². The van der Waals surface area contributed by atoms with Crippen molar-refractivity contribution in [1.82, 2.24) is 20.1 Å². The van der Waals surface area contributed by atoms with Crippen molar-refractivity contribution in [1.29, 1.82) is 0 Å². The van der Waals surface area contributed by atoms with Crippen LogP contribution in [0.4, 0.5) is 5.82 Å². The number of nitrogens with one attached hydrogen (secondary N) is 2. The molecule has 1 aliphatic heterocycles. The van der Waals surface area contributed by atoms with Crippen LogP contribution in [0.2, 0.25) is 0 Å². The van der Waals surface area contributed by atoms with Crippen molar-refractivity contribution < 1.29 is 4.79 Å². The zero-order valence-corrected chi connectivity index (χ0v) is 15.6. The zero-order valence-electron chi connectivity index (χ0n) is 15.6. The van der Waals surface area contributed by atoms with Gasteiger partial charge in [-0.2, -0.15) is 5.10 Å². The van der Waals surface area contributed by atoms with Crippen LogP contribution in [0.15, 0.2) is 42.6 Å². The van der Waals surface area contributed by atoms with Crippen LogP contribution in [-0.2, 0) is 19.5 Å². The fourth-order valence-electron chi connectivity index (χ4n) is 3.58. The fraction of sp³-hybridized carbons (Fsp3) is 0.286. The van der Waals surface area contributed by atoms with Gasteiger partial charge in [0.15, 0.2) is 0 Å². The standard InChI is InChI=1S/C21H23N5O/c1-14-8-15(2)23-20(9-14)24-21(27)17-5-3-4-16(10-17)12-26-7-6-19-18(13-26)11-22-25-19/h3-5,8-11H,6-7,12-13H2,1-2H3,(H,22,25)(H,23,24,27). The molecule has 2 aromatic heterocycles. The van der Waals surface area contributed by atoms with Gasteiger partial charge in [0.05, 0.1) is 6.20 Å². The van der Waals surface area contributed by atoms with Crippen LogP contribution in [0.1, 0.15) is 38.4 Å². The highest BCUT2D eigenvalue weighted by molar-refractivity contribution is 6.03. The molecule has 0 spiro atoms. The molecule has 0 atom stereocenters. The van der Waals surface area contributed by atoms with Gasteiger partial charge in [-0.3, -0.25) is 14.8 Å². The Morgan fingerprint density at radius 1 is 1.26 bits per heavy atom. The molecule has 1 aliphatic rings. The molecule has 0 aliphatic carbocycles. The van der Waals surface area contributed by atoms with Crippen molar-refractivity contribution in [2.24, 2.45) is 0 Å². The van der Waals surface area contributed by atoms with E-state index in [1.54, 1.807) is 0 Å². The number of carbonyl (C=O) groups is 1. The van der Waals surface area contributed by atoms with Gasteiger partial charge in [0, 0.05) is 48.6 Å². The van der Waals surface area contributed by atoms with Gasteiger partial charge in [-0.1, -0.05) is 12.1 Å². The minimum Gasteiger partial charge on any atom is -0.307 e. The third kappa shape index (κ3) is 4.06. The lowest BCUT2D eigenvalue weighted by atomic mass is 10.1. The van der Waals surface area contributed by atoms with Crippen molar-refractivity contribution in [3.05, 3.63) is 76.2 Å². The molecular formula is C21H23N5O. The molecule has 0 unspecified atom stereocenters.